The molecule has 6 rings (SSSR count). The standard InChI is InChI=1S/C21H30N4O5S/c1-3-4-25-20(27)17-19(24(21(25)28)5-6-31(29,30)11(2)26)23-18(22-17)16-14-8-12-7-13(10-14)15(16)9-12/h11-16,26H,3-10H2,1-2H3,(H,22,23). The summed E-state index contributed by atoms with van der Waals surface area (Å²) in [6, 6.07) is 0. The summed E-state index contributed by atoms with van der Waals surface area (Å²) in [5, 5.41) is 9.54. The Kier molecular flexibility index (Phi) is 4.93. The molecule has 31 heavy (non-hydrogen) atoms. The molecule has 4 aliphatic rings. The molecule has 9 nitrogen and oxygen atoms in total. The summed E-state index contributed by atoms with van der Waals surface area (Å²) in [6.07, 6.45) is 5.52. The van der Waals surface area contributed by atoms with Crippen molar-refractivity contribution in [3.63, 3.8) is 0 Å². The lowest BCUT2D eigenvalue weighted by Gasteiger charge is -2.30. The number of aromatic amines is 1. The first kappa shape index (κ1) is 20.9. The number of hydrogen-bond acceptors (Lipinski definition) is 6. The molecule has 6 atom stereocenters. The smallest absolute Gasteiger partial charge is 0.332 e. The lowest BCUT2D eigenvalue weighted by Crippen LogP contribution is -2.41. The van der Waals surface area contributed by atoms with Crippen LogP contribution in [-0.2, 0) is 22.9 Å². The van der Waals surface area contributed by atoms with E-state index in [9.17, 15) is 23.1 Å². The molecule has 2 aromatic heterocycles. The van der Waals surface area contributed by atoms with Gasteiger partial charge in [0.05, 0.1) is 5.75 Å². The maximum absolute atomic E-state index is 13.1. The maximum atomic E-state index is 13.1. The Bertz CT molecular complexity index is 1240. The molecule has 0 saturated heterocycles. The molecular formula is C21H30N4O5S. The molecule has 0 aromatic carbocycles. The van der Waals surface area contributed by atoms with Gasteiger partial charge >= 0.3 is 5.69 Å². The number of nitrogens with one attached hydrogen (secondary N) is 1. The van der Waals surface area contributed by atoms with Crippen molar-refractivity contribution in [2.75, 3.05) is 5.75 Å². The molecule has 4 aliphatic carbocycles. The van der Waals surface area contributed by atoms with E-state index in [2.05, 4.69) is 4.98 Å². The normalized spacial score (nSPS) is 30.5. The van der Waals surface area contributed by atoms with Crippen LogP contribution in [0.3, 0.4) is 0 Å². The van der Waals surface area contributed by atoms with Gasteiger partial charge in [-0.05, 0) is 62.7 Å². The summed E-state index contributed by atoms with van der Waals surface area (Å²) in [5.74, 6) is 3.35. The largest absolute Gasteiger partial charge is 0.377 e. The first-order valence-corrected chi connectivity index (χ1v) is 13.1. The Morgan fingerprint density at radius 3 is 2.55 bits per heavy atom. The second kappa shape index (κ2) is 7.30. The fourth-order valence-electron chi connectivity index (χ4n) is 6.52. The summed E-state index contributed by atoms with van der Waals surface area (Å²) < 4.78 is 26.8. The van der Waals surface area contributed by atoms with E-state index in [1.807, 2.05) is 6.92 Å². The summed E-state index contributed by atoms with van der Waals surface area (Å²) in [5.41, 5.74) is -1.96. The Morgan fingerprint density at radius 1 is 1.13 bits per heavy atom. The fraction of sp³-hybridized carbons (Fsp3) is 0.762. The van der Waals surface area contributed by atoms with Gasteiger partial charge in [0.2, 0.25) is 0 Å². The molecule has 10 heteroatoms. The van der Waals surface area contributed by atoms with Gasteiger partial charge in [-0.15, -0.1) is 0 Å². The summed E-state index contributed by atoms with van der Waals surface area (Å²) >= 11 is 0. The Morgan fingerprint density at radius 2 is 1.87 bits per heavy atom. The number of nitrogens with zero attached hydrogens (tertiary/aromatic N) is 3. The first-order chi connectivity index (χ1) is 14.7. The molecule has 0 spiro atoms. The van der Waals surface area contributed by atoms with Crippen molar-refractivity contribution < 1.29 is 13.5 Å². The molecule has 4 bridgehead atoms. The summed E-state index contributed by atoms with van der Waals surface area (Å²) in [4.78, 5) is 34.1. The molecule has 6 unspecified atom stereocenters. The minimum atomic E-state index is -3.77. The quantitative estimate of drug-likeness (QED) is 0.653. The van der Waals surface area contributed by atoms with Crippen LogP contribution < -0.4 is 11.2 Å². The lowest BCUT2D eigenvalue weighted by atomic mass is 9.75. The molecule has 170 valence electrons. The third kappa shape index (κ3) is 3.21. The van der Waals surface area contributed by atoms with Crippen LogP contribution in [0.15, 0.2) is 9.59 Å². The minimum Gasteiger partial charge on any atom is -0.377 e. The number of aliphatic hydroxyl groups is 1. The van der Waals surface area contributed by atoms with Gasteiger partial charge in [-0.3, -0.25) is 13.9 Å². The Labute approximate surface area is 180 Å². The molecule has 2 heterocycles. The molecule has 0 radical (unpaired) electrons. The molecule has 0 aliphatic heterocycles. The SMILES string of the molecule is CCCn1c(=O)c2[nH]c(C3C4CC5CC(C4)C3C5)nc2n(CCS(=O)(=O)C(C)O)c1=O. The number of hydrogen-bond donors (Lipinski definition) is 2. The van der Waals surface area contributed by atoms with Gasteiger partial charge in [-0.25, -0.2) is 18.2 Å². The van der Waals surface area contributed by atoms with Crippen molar-refractivity contribution in [2.24, 2.45) is 23.7 Å². The van der Waals surface area contributed by atoms with E-state index in [1.54, 1.807) is 0 Å². The number of fused-ring (bicyclic) bond motifs is 1. The van der Waals surface area contributed by atoms with Crippen LogP contribution in [0.1, 0.15) is 57.7 Å². The number of rotatable bonds is 7. The zero-order valence-corrected chi connectivity index (χ0v) is 18.8. The minimum absolute atomic E-state index is 0.154. The molecule has 4 saturated carbocycles. The molecule has 0 amide bonds. The van der Waals surface area contributed by atoms with Gasteiger partial charge in [0, 0.05) is 19.0 Å². The summed E-state index contributed by atoms with van der Waals surface area (Å²) in [7, 11) is -3.77. The third-order valence-corrected chi connectivity index (χ3v) is 9.61. The zero-order chi connectivity index (χ0) is 22.1. The molecule has 2 N–H and O–H groups in total. The van der Waals surface area contributed by atoms with Gasteiger partial charge in [0.15, 0.2) is 20.9 Å². The first-order valence-electron chi connectivity index (χ1n) is 11.3. The zero-order valence-electron chi connectivity index (χ0n) is 18.0. The number of H-pyrrole nitrogens is 1. The van der Waals surface area contributed by atoms with Crippen LogP contribution in [0.25, 0.3) is 11.2 Å². The van der Waals surface area contributed by atoms with E-state index in [1.165, 1.54) is 37.2 Å². The van der Waals surface area contributed by atoms with Gasteiger partial charge in [-0.1, -0.05) is 6.92 Å². The molecule has 2 aromatic rings. The van der Waals surface area contributed by atoms with Crippen molar-refractivity contribution in [2.45, 2.75) is 70.4 Å². The van der Waals surface area contributed by atoms with E-state index in [4.69, 9.17) is 4.98 Å². The van der Waals surface area contributed by atoms with Crippen molar-refractivity contribution in [3.8, 4) is 0 Å². The average molecular weight is 451 g/mol. The van der Waals surface area contributed by atoms with Crippen LogP contribution in [0.5, 0.6) is 0 Å². The van der Waals surface area contributed by atoms with Crippen molar-refractivity contribution in [1.82, 2.24) is 19.1 Å². The van der Waals surface area contributed by atoms with E-state index < -0.39 is 32.3 Å². The van der Waals surface area contributed by atoms with Gasteiger partial charge < -0.3 is 10.1 Å². The topological polar surface area (TPSA) is 127 Å². The number of sulfone groups is 1. The number of imidazole rings is 1. The van der Waals surface area contributed by atoms with Crippen molar-refractivity contribution >= 4 is 21.0 Å². The van der Waals surface area contributed by atoms with E-state index in [-0.39, 0.29) is 30.2 Å². The highest BCUT2D eigenvalue weighted by Crippen LogP contribution is 2.63. The number of aliphatic hydroxyl groups excluding tert-OH is 1. The van der Waals surface area contributed by atoms with Crippen LogP contribution in [0.2, 0.25) is 0 Å². The predicted octanol–water partition coefficient (Wildman–Crippen LogP) is 1.20. The van der Waals surface area contributed by atoms with Crippen molar-refractivity contribution in [1.29, 1.82) is 0 Å². The van der Waals surface area contributed by atoms with Gasteiger partial charge in [0.25, 0.3) is 5.56 Å². The van der Waals surface area contributed by atoms with Gasteiger partial charge in [0.1, 0.15) is 11.3 Å². The van der Waals surface area contributed by atoms with E-state index in [0.29, 0.717) is 18.3 Å². The van der Waals surface area contributed by atoms with Crippen LogP contribution in [-0.4, -0.2) is 43.8 Å². The van der Waals surface area contributed by atoms with Gasteiger partial charge in [-0.2, -0.15) is 0 Å². The monoisotopic (exact) mass is 450 g/mol. The highest BCUT2D eigenvalue weighted by atomic mass is 32.2. The Hall–Kier alpha value is -1.94. The predicted molar refractivity (Wildman–Crippen MR) is 116 cm³/mol. The van der Waals surface area contributed by atoms with E-state index >= 15 is 0 Å². The highest BCUT2D eigenvalue weighted by Gasteiger charge is 2.55. The summed E-state index contributed by atoms with van der Waals surface area (Å²) in [6.45, 7) is 3.17. The third-order valence-electron chi connectivity index (χ3n) is 7.82. The van der Waals surface area contributed by atoms with Crippen LogP contribution in [0, 0.1) is 23.7 Å². The van der Waals surface area contributed by atoms with Crippen LogP contribution in [0.4, 0.5) is 0 Å². The lowest BCUT2D eigenvalue weighted by molar-refractivity contribution is 0.244. The number of aryl methyl sites for hydroxylation is 1. The van der Waals surface area contributed by atoms with Crippen LogP contribution >= 0.6 is 0 Å². The van der Waals surface area contributed by atoms with E-state index in [0.717, 1.165) is 22.2 Å². The second-order valence-electron chi connectivity index (χ2n) is 9.70. The highest BCUT2D eigenvalue weighted by molar-refractivity contribution is 7.91. The molecule has 4 fully saturated rings. The number of aromatic nitrogens is 4. The second-order valence-corrected chi connectivity index (χ2v) is 12.1. The maximum Gasteiger partial charge on any atom is 0.332 e. The Balaban J connectivity index is 1.61. The average Bonchev–Trinajstić information content (AvgIpc) is 3.33. The fourth-order valence-corrected chi connectivity index (χ4v) is 7.29. The van der Waals surface area contributed by atoms with Crippen molar-refractivity contribution in [3.05, 3.63) is 26.7 Å². The molecular weight excluding hydrogens is 420 g/mol.